The van der Waals surface area contributed by atoms with E-state index in [1.165, 1.54) is 5.56 Å². The predicted molar refractivity (Wildman–Crippen MR) is 65.9 cm³/mol. The summed E-state index contributed by atoms with van der Waals surface area (Å²) in [4.78, 5) is 10.7. The molecule has 1 aromatic carbocycles. The molecule has 0 bridgehead atoms. The first-order valence-corrected chi connectivity index (χ1v) is 5.40. The Morgan fingerprint density at radius 1 is 1.25 bits per heavy atom. The molecule has 88 valence electrons. The Balaban J connectivity index is 2.76. The summed E-state index contributed by atoms with van der Waals surface area (Å²) < 4.78 is 0. The van der Waals surface area contributed by atoms with Crippen LogP contribution in [0.4, 0.5) is 5.69 Å². The number of carboxylic acid groups (broad SMARTS) is 1. The molecule has 3 heteroatoms. The molecule has 0 aromatic heterocycles. The largest absolute Gasteiger partial charge is 0.480 e. The summed E-state index contributed by atoms with van der Waals surface area (Å²) in [6.07, 6.45) is 0. The van der Waals surface area contributed by atoms with E-state index in [1.807, 2.05) is 24.3 Å². The normalized spacial score (nSPS) is 13.2. The van der Waals surface area contributed by atoms with Crippen molar-refractivity contribution in [1.82, 2.24) is 0 Å². The maximum Gasteiger partial charge on any atom is 0.325 e. The van der Waals surface area contributed by atoms with Gasteiger partial charge in [0.25, 0.3) is 0 Å². The lowest BCUT2D eigenvalue weighted by Crippen LogP contribution is -2.25. The molecule has 1 atom stereocenters. The van der Waals surface area contributed by atoms with Crippen LogP contribution < -0.4 is 5.32 Å². The van der Waals surface area contributed by atoms with Gasteiger partial charge in [0.15, 0.2) is 0 Å². The lowest BCUT2D eigenvalue weighted by Gasteiger charge is -2.19. The molecule has 0 saturated heterocycles. The van der Waals surface area contributed by atoms with E-state index in [2.05, 4.69) is 26.1 Å². The fraction of sp³-hybridized carbons (Fsp3) is 0.462. The Morgan fingerprint density at radius 2 is 1.75 bits per heavy atom. The van der Waals surface area contributed by atoms with Crippen molar-refractivity contribution in [2.24, 2.45) is 0 Å². The maximum atomic E-state index is 10.7. The van der Waals surface area contributed by atoms with Crippen LogP contribution in [0.5, 0.6) is 0 Å². The number of nitrogens with one attached hydrogen (secondary N) is 1. The highest BCUT2D eigenvalue weighted by Gasteiger charge is 2.14. The number of carboxylic acids is 1. The van der Waals surface area contributed by atoms with E-state index in [1.54, 1.807) is 6.92 Å². The predicted octanol–water partition coefficient (Wildman–Crippen LogP) is 2.87. The molecule has 0 aliphatic heterocycles. The van der Waals surface area contributed by atoms with Crippen LogP contribution in [0.15, 0.2) is 24.3 Å². The molecule has 0 spiro atoms. The molecule has 0 heterocycles. The molecular weight excluding hydrogens is 202 g/mol. The average Bonchev–Trinajstić information content (AvgIpc) is 2.17. The summed E-state index contributed by atoms with van der Waals surface area (Å²) in [6, 6.07) is 7.31. The van der Waals surface area contributed by atoms with Crippen LogP contribution in [-0.2, 0) is 10.2 Å². The minimum atomic E-state index is -0.847. The molecule has 0 amide bonds. The van der Waals surface area contributed by atoms with Crippen molar-refractivity contribution in [2.75, 3.05) is 5.32 Å². The van der Waals surface area contributed by atoms with Crippen molar-refractivity contribution in [3.63, 3.8) is 0 Å². The van der Waals surface area contributed by atoms with E-state index in [4.69, 9.17) is 5.11 Å². The Hall–Kier alpha value is -1.51. The highest BCUT2D eigenvalue weighted by molar-refractivity contribution is 5.76. The van der Waals surface area contributed by atoms with Gasteiger partial charge in [0.1, 0.15) is 6.04 Å². The summed E-state index contributed by atoms with van der Waals surface area (Å²) in [5.74, 6) is -0.847. The molecule has 1 aromatic rings. The van der Waals surface area contributed by atoms with Crippen molar-refractivity contribution in [2.45, 2.75) is 39.2 Å². The number of rotatable bonds is 3. The van der Waals surface area contributed by atoms with Crippen molar-refractivity contribution >= 4 is 11.7 Å². The lowest BCUT2D eigenvalue weighted by atomic mass is 9.87. The van der Waals surface area contributed by atoms with E-state index in [0.29, 0.717) is 0 Å². The molecule has 0 radical (unpaired) electrons. The monoisotopic (exact) mass is 221 g/mol. The molecule has 2 N–H and O–H groups in total. The van der Waals surface area contributed by atoms with Gasteiger partial charge in [0.2, 0.25) is 0 Å². The highest BCUT2D eigenvalue weighted by atomic mass is 16.4. The minimum Gasteiger partial charge on any atom is -0.480 e. The zero-order valence-corrected chi connectivity index (χ0v) is 10.2. The standard InChI is InChI=1S/C13H19NO2/c1-9(12(15)16)14-11-7-5-10(6-8-11)13(2,3)4/h5-9,14H,1-4H3,(H,15,16)/t9-/m1/s1. The Morgan fingerprint density at radius 3 is 2.12 bits per heavy atom. The lowest BCUT2D eigenvalue weighted by molar-refractivity contribution is -0.137. The molecule has 16 heavy (non-hydrogen) atoms. The summed E-state index contributed by atoms with van der Waals surface area (Å²) in [5.41, 5.74) is 2.20. The van der Waals surface area contributed by atoms with Gasteiger partial charge in [-0.15, -0.1) is 0 Å². The van der Waals surface area contributed by atoms with Crippen molar-refractivity contribution in [3.8, 4) is 0 Å². The summed E-state index contributed by atoms with van der Waals surface area (Å²) in [7, 11) is 0. The van der Waals surface area contributed by atoms with Crippen molar-refractivity contribution < 1.29 is 9.90 Å². The van der Waals surface area contributed by atoms with Crippen LogP contribution in [0, 0.1) is 0 Å². The summed E-state index contributed by atoms with van der Waals surface area (Å²) >= 11 is 0. The van der Waals surface area contributed by atoms with Gasteiger partial charge in [-0.05, 0) is 30.0 Å². The van der Waals surface area contributed by atoms with Crippen LogP contribution in [0.25, 0.3) is 0 Å². The van der Waals surface area contributed by atoms with E-state index >= 15 is 0 Å². The van der Waals surface area contributed by atoms with Gasteiger partial charge in [-0.2, -0.15) is 0 Å². The van der Waals surface area contributed by atoms with Gasteiger partial charge < -0.3 is 10.4 Å². The number of anilines is 1. The number of carbonyl (C=O) groups is 1. The topological polar surface area (TPSA) is 49.3 Å². The van der Waals surface area contributed by atoms with Gasteiger partial charge in [-0.25, -0.2) is 0 Å². The Labute approximate surface area is 96.5 Å². The fourth-order valence-corrected chi connectivity index (χ4v) is 1.38. The van der Waals surface area contributed by atoms with E-state index in [0.717, 1.165) is 5.69 Å². The van der Waals surface area contributed by atoms with Crippen LogP contribution in [0.2, 0.25) is 0 Å². The molecule has 0 aliphatic rings. The smallest absolute Gasteiger partial charge is 0.325 e. The van der Waals surface area contributed by atoms with Crippen LogP contribution in [-0.4, -0.2) is 17.1 Å². The zero-order chi connectivity index (χ0) is 12.3. The number of hydrogen-bond donors (Lipinski definition) is 2. The number of aliphatic carboxylic acids is 1. The van der Waals surface area contributed by atoms with Gasteiger partial charge in [0, 0.05) is 5.69 Å². The molecule has 0 unspecified atom stereocenters. The van der Waals surface area contributed by atoms with E-state index < -0.39 is 12.0 Å². The quantitative estimate of drug-likeness (QED) is 0.825. The molecule has 0 saturated carbocycles. The van der Waals surface area contributed by atoms with Crippen LogP contribution in [0.3, 0.4) is 0 Å². The Kier molecular flexibility index (Phi) is 3.58. The van der Waals surface area contributed by atoms with Gasteiger partial charge in [-0.3, -0.25) is 4.79 Å². The highest BCUT2D eigenvalue weighted by Crippen LogP contribution is 2.23. The summed E-state index contributed by atoms with van der Waals surface area (Å²) in [5, 5.41) is 11.7. The van der Waals surface area contributed by atoms with Gasteiger partial charge >= 0.3 is 5.97 Å². The summed E-state index contributed by atoms with van der Waals surface area (Å²) in [6.45, 7) is 8.07. The average molecular weight is 221 g/mol. The number of benzene rings is 1. The molecule has 0 aliphatic carbocycles. The van der Waals surface area contributed by atoms with E-state index in [-0.39, 0.29) is 5.41 Å². The van der Waals surface area contributed by atoms with Crippen molar-refractivity contribution in [1.29, 1.82) is 0 Å². The Bertz CT molecular complexity index is 363. The molecule has 1 rings (SSSR count). The zero-order valence-electron chi connectivity index (χ0n) is 10.2. The third-order valence-corrected chi connectivity index (χ3v) is 2.50. The molecule has 0 fully saturated rings. The first-order valence-electron chi connectivity index (χ1n) is 5.40. The third-order valence-electron chi connectivity index (χ3n) is 2.50. The fourth-order valence-electron chi connectivity index (χ4n) is 1.38. The first-order chi connectivity index (χ1) is 7.30. The maximum absolute atomic E-state index is 10.7. The molecular formula is C13H19NO2. The number of hydrogen-bond acceptors (Lipinski definition) is 2. The third kappa shape index (κ3) is 3.26. The second kappa shape index (κ2) is 4.56. The van der Waals surface area contributed by atoms with Gasteiger partial charge in [-0.1, -0.05) is 32.9 Å². The first kappa shape index (κ1) is 12.6. The minimum absolute atomic E-state index is 0.122. The SMILES string of the molecule is C[C@@H](Nc1ccc(C(C)(C)C)cc1)C(=O)O. The van der Waals surface area contributed by atoms with Crippen LogP contribution in [0.1, 0.15) is 33.3 Å². The van der Waals surface area contributed by atoms with E-state index in [9.17, 15) is 4.79 Å². The second-order valence-electron chi connectivity index (χ2n) is 5.03. The van der Waals surface area contributed by atoms with Crippen molar-refractivity contribution in [3.05, 3.63) is 29.8 Å². The van der Waals surface area contributed by atoms with Crippen LogP contribution >= 0.6 is 0 Å². The molecule has 3 nitrogen and oxygen atoms in total. The van der Waals surface area contributed by atoms with Gasteiger partial charge in [0.05, 0.1) is 0 Å². The second-order valence-corrected chi connectivity index (χ2v) is 5.03.